The standard InChI is InChI=1S/2C50H44N2O2.C14H14.Hf/c2*1-32-25-34(47(53)45(27-32)49(3)41-20-9-5-16-37(41)38-17-6-10-21-42(38)49)29-52(31-36-15-13-14-24-51-36)30-35-26-33(2)28-46(48(35)54)50(4)43-22-11-7-18-39(43)40-19-8-12-23-44(40)50;1-3-7-13(8-4-1)11-12-14-9-5-2-6-10-14;/h2*5-28,53-54H,29-31H2,1-4H3;1-10H,11-12H2;/q;;;+4/p-4. The summed E-state index contributed by atoms with van der Waals surface area (Å²) in [6, 6.07) is 117. The third kappa shape index (κ3) is 15.2. The molecule has 0 amide bonds. The summed E-state index contributed by atoms with van der Waals surface area (Å²) in [5.41, 5.74) is 30.9. The fourth-order valence-electron chi connectivity index (χ4n) is 20.6. The average molecular weight is 1770 g/mol. The van der Waals surface area contributed by atoms with E-state index in [4.69, 9.17) is 0 Å². The van der Waals surface area contributed by atoms with Crippen LogP contribution < -0.4 is 20.4 Å². The van der Waals surface area contributed by atoms with Crippen molar-refractivity contribution in [3.8, 4) is 67.5 Å². The minimum absolute atomic E-state index is 0. The Labute approximate surface area is 743 Å². The second kappa shape index (κ2) is 34.4. The van der Waals surface area contributed by atoms with E-state index >= 15 is 0 Å². The minimum Gasteiger partial charge on any atom is -0.872 e. The molecule has 0 atom stereocenters. The summed E-state index contributed by atoms with van der Waals surface area (Å²) < 4.78 is 0. The van der Waals surface area contributed by atoms with Crippen LogP contribution in [0.15, 0.2) is 352 Å². The molecule has 0 N–H and O–H groups in total. The molecule has 0 unspecified atom stereocenters. The van der Waals surface area contributed by atoms with E-state index < -0.39 is 21.7 Å². The predicted molar refractivity (Wildman–Crippen MR) is 487 cm³/mol. The summed E-state index contributed by atoms with van der Waals surface area (Å²) in [4.78, 5) is 13.8. The molecular weight excluding hydrogens is 1670 g/mol. The molecular formula is C114H98HfN4O4. The van der Waals surface area contributed by atoms with Crippen molar-refractivity contribution in [1.82, 2.24) is 19.8 Å². The van der Waals surface area contributed by atoms with E-state index in [1.54, 1.807) is 12.4 Å². The molecule has 16 aromatic rings. The molecule has 14 aromatic carbocycles. The van der Waals surface area contributed by atoms with Gasteiger partial charge in [-0.15, -0.1) is 0 Å². The number of fused-ring (bicyclic) bond motifs is 12. The molecule has 602 valence electrons. The van der Waals surface area contributed by atoms with Crippen LogP contribution in [0.1, 0.15) is 161 Å². The molecule has 0 saturated heterocycles. The summed E-state index contributed by atoms with van der Waals surface area (Å²) in [7, 11) is 0. The number of hydrogen-bond acceptors (Lipinski definition) is 8. The first-order chi connectivity index (χ1) is 59.3. The van der Waals surface area contributed by atoms with Crippen LogP contribution in [0.2, 0.25) is 0 Å². The van der Waals surface area contributed by atoms with E-state index in [0.717, 1.165) is 135 Å². The van der Waals surface area contributed by atoms with Gasteiger partial charge in [0.25, 0.3) is 0 Å². The number of hydrogen-bond donors (Lipinski definition) is 0. The maximum atomic E-state index is 14.9. The van der Waals surface area contributed by atoms with Crippen LogP contribution >= 0.6 is 0 Å². The van der Waals surface area contributed by atoms with Gasteiger partial charge < -0.3 is 20.4 Å². The van der Waals surface area contributed by atoms with Gasteiger partial charge in [0.2, 0.25) is 0 Å². The molecule has 2 aromatic heterocycles. The molecule has 0 spiro atoms. The van der Waals surface area contributed by atoms with Gasteiger partial charge in [0.05, 0.1) is 11.4 Å². The van der Waals surface area contributed by atoms with Gasteiger partial charge in [-0.1, -0.05) is 361 Å². The molecule has 0 aliphatic heterocycles. The van der Waals surface area contributed by atoms with E-state index in [1.165, 1.54) is 55.6 Å². The molecule has 8 nitrogen and oxygen atoms in total. The van der Waals surface area contributed by atoms with Crippen LogP contribution in [0, 0.1) is 27.7 Å². The molecule has 9 heteroatoms. The third-order valence-electron chi connectivity index (χ3n) is 26.5. The molecule has 2 heterocycles. The predicted octanol–water partition coefficient (Wildman–Crippen LogP) is 22.9. The number of aromatic nitrogens is 2. The Morgan fingerprint density at radius 1 is 0.228 bits per heavy atom. The summed E-state index contributed by atoms with van der Waals surface area (Å²) in [5, 5.41) is 59.6. The zero-order valence-corrected chi connectivity index (χ0v) is 74.7. The van der Waals surface area contributed by atoms with Crippen molar-refractivity contribution >= 4 is 0 Å². The van der Waals surface area contributed by atoms with Gasteiger partial charge in [-0.3, -0.25) is 19.8 Å². The van der Waals surface area contributed by atoms with Crippen molar-refractivity contribution < 1.29 is 46.3 Å². The zero-order valence-electron chi connectivity index (χ0n) is 71.1. The summed E-state index contributed by atoms with van der Waals surface area (Å²) >= 11 is 0. The monoisotopic (exact) mass is 1770 g/mol. The Kier molecular flexibility index (Phi) is 23.1. The van der Waals surface area contributed by atoms with Gasteiger partial charge in [0.15, 0.2) is 0 Å². The Balaban J connectivity index is 0.000000149. The second-order valence-electron chi connectivity index (χ2n) is 34.5. The summed E-state index contributed by atoms with van der Waals surface area (Å²) in [5.74, 6) is 0.165. The largest absolute Gasteiger partial charge is 4.00 e. The van der Waals surface area contributed by atoms with Gasteiger partial charge in [-0.05, 0) is 237 Å². The maximum Gasteiger partial charge on any atom is 4.00 e. The van der Waals surface area contributed by atoms with Crippen LogP contribution in [0.4, 0.5) is 0 Å². The normalized spacial score (nSPS) is 13.8. The first-order valence-corrected chi connectivity index (χ1v) is 42.6. The van der Waals surface area contributed by atoms with Gasteiger partial charge in [0.1, 0.15) is 0 Å². The van der Waals surface area contributed by atoms with Crippen molar-refractivity contribution in [3.63, 3.8) is 0 Å². The van der Waals surface area contributed by atoms with Crippen LogP contribution in [0.5, 0.6) is 23.0 Å². The summed E-state index contributed by atoms with van der Waals surface area (Å²) in [6.45, 7) is 19.5. The van der Waals surface area contributed by atoms with Gasteiger partial charge >= 0.3 is 25.8 Å². The van der Waals surface area contributed by atoms with Crippen molar-refractivity contribution in [3.05, 3.63) is 486 Å². The molecule has 0 radical (unpaired) electrons. The van der Waals surface area contributed by atoms with Crippen molar-refractivity contribution in [2.45, 2.75) is 129 Å². The van der Waals surface area contributed by atoms with Crippen LogP contribution in [0.3, 0.4) is 0 Å². The average Bonchev–Trinajstić information content (AvgIpc) is 1.58. The van der Waals surface area contributed by atoms with Crippen molar-refractivity contribution in [2.75, 3.05) is 0 Å². The summed E-state index contributed by atoms with van der Waals surface area (Å²) in [6.07, 6.45) is 5.86. The van der Waals surface area contributed by atoms with Crippen LogP contribution in [-0.2, 0) is 99.6 Å². The SMILES string of the molecule is Cc1cc(CN(Cc2ccccn2)Cc2cc(C)cc(C3(C)c4ccccc4-c4ccccc43)c2[O-])c([O-])c(C2(C)c3ccccc3-c3ccccc32)c1.Cc1cc(CN(Cc2ccccn2)Cc2cc(C)cc(C3(C)c4ccccc4-c4ccccc43)c2[O-])c([O-])c(C2(C)c3ccccc3-c3ccccc32)c1.[Hf+4].c1ccc(CCc2ccccc2)cc1. The van der Waals surface area contributed by atoms with E-state index in [9.17, 15) is 20.4 Å². The fraction of sp³-hybridized carbons (Fsp3) is 0.175. The fourth-order valence-corrected chi connectivity index (χ4v) is 20.6. The minimum atomic E-state index is -0.603. The molecule has 4 aliphatic rings. The molecule has 4 aliphatic carbocycles. The molecule has 0 bridgehead atoms. The Bertz CT molecular complexity index is 5710. The first kappa shape index (κ1) is 82.7. The molecule has 0 fully saturated rings. The maximum absolute atomic E-state index is 14.9. The third-order valence-corrected chi connectivity index (χ3v) is 26.5. The number of nitrogens with zero attached hydrogens (tertiary/aromatic N) is 4. The number of benzene rings is 14. The molecule has 20 rings (SSSR count). The van der Waals surface area contributed by atoms with E-state index in [0.29, 0.717) is 39.3 Å². The Hall–Kier alpha value is -12.6. The number of aryl methyl sites for hydroxylation is 6. The van der Waals surface area contributed by atoms with E-state index in [2.05, 4.69) is 354 Å². The number of rotatable bonds is 19. The molecule has 0 saturated carbocycles. The topological polar surface area (TPSA) is 124 Å². The van der Waals surface area contributed by atoms with Crippen molar-refractivity contribution in [1.29, 1.82) is 0 Å². The Morgan fingerprint density at radius 2 is 0.423 bits per heavy atom. The van der Waals surface area contributed by atoms with E-state index in [1.807, 2.05) is 60.7 Å². The number of pyridine rings is 2. The van der Waals surface area contributed by atoms with Gasteiger partial charge in [0, 0.05) is 73.3 Å². The van der Waals surface area contributed by atoms with Crippen LogP contribution in [0.25, 0.3) is 44.5 Å². The first-order valence-electron chi connectivity index (χ1n) is 42.6. The quantitative estimate of drug-likeness (QED) is 0.0733. The second-order valence-corrected chi connectivity index (χ2v) is 34.5. The van der Waals surface area contributed by atoms with Crippen molar-refractivity contribution in [2.24, 2.45) is 0 Å². The van der Waals surface area contributed by atoms with E-state index in [-0.39, 0.29) is 48.8 Å². The van der Waals surface area contributed by atoms with Gasteiger partial charge in [-0.25, -0.2) is 0 Å². The van der Waals surface area contributed by atoms with Gasteiger partial charge in [-0.2, -0.15) is 0 Å². The molecule has 123 heavy (non-hydrogen) atoms. The van der Waals surface area contributed by atoms with Crippen LogP contribution in [-0.4, -0.2) is 19.8 Å². The Morgan fingerprint density at radius 3 is 0.626 bits per heavy atom. The zero-order chi connectivity index (χ0) is 84.0. The smallest absolute Gasteiger partial charge is 0.872 e.